The van der Waals surface area contributed by atoms with Gasteiger partial charge in [0.05, 0.1) is 22.4 Å². The molecule has 2 aliphatic rings. The summed E-state index contributed by atoms with van der Waals surface area (Å²) in [6.45, 7) is 4.63. The Balaban J connectivity index is 1.33. The standard InChI is InChI=1S/C28H24N6O3S/c1-2-22(35)33-14-4-6-19(16-33)31-26(36)25-24-23-21(10-13-30-27(23)38-25)34(28(37)32-24)20-7-3-5-18(15-20)17-8-11-29-12-9-17/h2-3,5,7-13,15,19H,1,4,6,14,16H2,(H,31,36)(H,32,37). The molecule has 0 radical (unpaired) electrons. The fourth-order valence-electron chi connectivity index (χ4n) is 5.04. The number of amides is 4. The quantitative estimate of drug-likeness (QED) is 0.359. The first kappa shape index (κ1) is 23.8. The average molecular weight is 525 g/mol. The molecular weight excluding hydrogens is 500 g/mol. The van der Waals surface area contributed by atoms with Crippen LogP contribution in [0.2, 0.25) is 0 Å². The number of carbonyl (C=O) groups is 3. The average Bonchev–Trinajstić information content (AvgIpc) is 3.33. The Morgan fingerprint density at radius 2 is 1.97 bits per heavy atom. The van der Waals surface area contributed by atoms with E-state index >= 15 is 0 Å². The number of urea groups is 1. The van der Waals surface area contributed by atoms with E-state index in [1.165, 1.54) is 17.4 Å². The zero-order chi connectivity index (χ0) is 26.2. The van der Waals surface area contributed by atoms with Crippen LogP contribution in [0.5, 0.6) is 0 Å². The predicted octanol–water partition coefficient (Wildman–Crippen LogP) is 4.95. The number of anilines is 3. The number of likely N-dealkylation sites (tertiary alicyclic amines) is 1. The van der Waals surface area contributed by atoms with Crippen LogP contribution in [0.15, 0.2) is 73.7 Å². The van der Waals surface area contributed by atoms with Crippen molar-refractivity contribution >= 4 is 56.5 Å². The van der Waals surface area contributed by atoms with E-state index < -0.39 is 0 Å². The molecule has 190 valence electrons. The van der Waals surface area contributed by atoms with Gasteiger partial charge in [0.1, 0.15) is 9.71 Å². The lowest BCUT2D eigenvalue weighted by molar-refractivity contribution is -0.127. The Hall–Kier alpha value is -4.57. The summed E-state index contributed by atoms with van der Waals surface area (Å²) in [7, 11) is 0. The summed E-state index contributed by atoms with van der Waals surface area (Å²) in [6, 6.07) is 12.8. The fraction of sp³-hybridized carbons (Fsp3) is 0.179. The van der Waals surface area contributed by atoms with Crippen LogP contribution in [-0.4, -0.2) is 51.8 Å². The van der Waals surface area contributed by atoms with Gasteiger partial charge in [0.15, 0.2) is 0 Å². The summed E-state index contributed by atoms with van der Waals surface area (Å²) in [5, 5.41) is 6.72. The fourth-order valence-corrected chi connectivity index (χ4v) is 6.07. The number of pyridine rings is 2. The van der Waals surface area contributed by atoms with E-state index in [1.807, 2.05) is 36.4 Å². The van der Waals surface area contributed by atoms with Crippen molar-refractivity contribution < 1.29 is 14.4 Å². The van der Waals surface area contributed by atoms with Crippen molar-refractivity contribution in [3.8, 4) is 11.1 Å². The first-order valence-electron chi connectivity index (χ1n) is 12.3. The number of aromatic nitrogens is 2. The van der Waals surface area contributed by atoms with Gasteiger partial charge in [-0.05, 0) is 60.4 Å². The molecular formula is C28H24N6O3S. The monoisotopic (exact) mass is 524 g/mol. The third-order valence-corrected chi connectivity index (χ3v) is 7.91. The number of piperidine rings is 1. The van der Waals surface area contributed by atoms with E-state index in [4.69, 9.17) is 0 Å². The molecule has 10 heteroatoms. The first-order valence-corrected chi connectivity index (χ1v) is 13.1. The molecule has 3 aromatic heterocycles. The van der Waals surface area contributed by atoms with Crippen molar-refractivity contribution in [3.05, 3.63) is 78.6 Å². The van der Waals surface area contributed by atoms with Crippen LogP contribution in [0.4, 0.5) is 21.9 Å². The van der Waals surface area contributed by atoms with E-state index in [0.717, 1.165) is 29.4 Å². The number of rotatable bonds is 5. The zero-order valence-corrected chi connectivity index (χ0v) is 21.2. The molecule has 9 nitrogen and oxygen atoms in total. The van der Waals surface area contributed by atoms with Gasteiger partial charge in [-0.25, -0.2) is 9.78 Å². The van der Waals surface area contributed by atoms with Gasteiger partial charge in [-0.15, -0.1) is 11.3 Å². The number of nitrogens with one attached hydrogen (secondary N) is 2. The predicted molar refractivity (Wildman–Crippen MR) is 148 cm³/mol. The minimum absolute atomic E-state index is 0.143. The minimum Gasteiger partial charge on any atom is -0.347 e. The number of hydrogen-bond acceptors (Lipinski definition) is 6. The SMILES string of the molecule is C=CC(=O)N1CCCC(NC(=O)c2sc3nccc4c3c2NC(=O)N4c2cccc(-c3ccncc3)c2)C1. The smallest absolute Gasteiger partial charge is 0.331 e. The molecule has 0 spiro atoms. The third kappa shape index (κ3) is 4.18. The Labute approximate surface area is 222 Å². The van der Waals surface area contributed by atoms with Crippen LogP contribution in [-0.2, 0) is 4.79 Å². The molecule has 0 aliphatic carbocycles. The van der Waals surface area contributed by atoms with E-state index in [0.29, 0.717) is 39.9 Å². The lowest BCUT2D eigenvalue weighted by Crippen LogP contribution is -2.49. The van der Waals surface area contributed by atoms with Gasteiger partial charge in [0, 0.05) is 37.7 Å². The van der Waals surface area contributed by atoms with Gasteiger partial charge in [-0.1, -0.05) is 18.7 Å². The number of carbonyl (C=O) groups excluding carboxylic acids is 3. The van der Waals surface area contributed by atoms with Gasteiger partial charge >= 0.3 is 6.03 Å². The second-order valence-electron chi connectivity index (χ2n) is 9.17. The molecule has 1 unspecified atom stereocenters. The van der Waals surface area contributed by atoms with Crippen LogP contribution < -0.4 is 15.5 Å². The van der Waals surface area contributed by atoms with Crippen molar-refractivity contribution in [1.29, 1.82) is 0 Å². The molecule has 4 aromatic rings. The number of thiophene rings is 1. The zero-order valence-electron chi connectivity index (χ0n) is 20.4. The highest BCUT2D eigenvalue weighted by molar-refractivity contribution is 7.21. The summed E-state index contributed by atoms with van der Waals surface area (Å²) < 4.78 is 0. The molecule has 0 bridgehead atoms. The molecule has 6 rings (SSSR count). The van der Waals surface area contributed by atoms with E-state index in [1.54, 1.807) is 34.5 Å². The molecule has 2 N–H and O–H groups in total. The topological polar surface area (TPSA) is 108 Å². The lowest BCUT2D eigenvalue weighted by Gasteiger charge is -2.32. The second kappa shape index (κ2) is 9.71. The normalized spacial score (nSPS) is 16.7. The van der Waals surface area contributed by atoms with Gasteiger partial charge < -0.3 is 15.5 Å². The molecule has 4 amide bonds. The van der Waals surface area contributed by atoms with Gasteiger partial charge in [-0.2, -0.15) is 0 Å². The van der Waals surface area contributed by atoms with Gasteiger partial charge in [0.2, 0.25) is 5.91 Å². The van der Waals surface area contributed by atoms with Crippen molar-refractivity contribution in [2.75, 3.05) is 23.3 Å². The first-order chi connectivity index (χ1) is 18.5. The molecule has 38 heavy (non-hydrogen) atoms. The summed E-state index contributed by atoms with van der Waals surface area (Å²) in [5.74, 6) is -0.435. The van der Waals surface area contributed by atoms with E-state index in [-0.39, 0.29) is 23.9 Å². The Morgan fingerprint density at radius 3 is 2.79 bits per heavy atom. The highest BCUT2D eigenvalue weighted by atomic mass is 32.1. The van der Waals surface area contributed by atoms with E-state index in [2.05, 4.69) is 27.2 Å². The van der Waals surface area contributed by atoms with E-state index in [9.17, 15) is 14.4 Å². The van der Waals surface area contributed by atoms with Crippen molar-refractivity contribution in [3.63, 3.8) is 0 Å². The summed E-state index contributed by atoms with van der Waals surface area (Å²) in [5.41, 5.74) is 3.77. The molecule has 1 saturated heterocycles. The molecule has 0 saturated carbocycles. The Morgan fingerprint density at radius 1 is 1.13 bits per heavy atom. The van der Waals surface area contributed by atoms with Gasteiger partial charge in [0.25, 0.3) is 5.91 Å². The summed E-state index contributed by atoms with van der Waals surface area (Å²) in [4.78, 5) is 51.8. The molecule has 1 aromatic carbocycles. The maximum absolute atomic E-state index is 13.5. The largest absolute Gasteiger partial charge is 0.347 e. The molecule has 5 heterocycles. The van der Waals surface area contributed by atoms with Crippen molar-refractivity contribution in [2.45, 2.75) is 18.9 Å². The van der Waals surface area contributed by atoms with Crippen LogP contribution in [0, 0.1) is 0 Å². The summed E-state index contributed by atoms with van der Waals surface area (Å²) >= 11 is 1.24. The van der Waals surface area contributed by atoms with Crippen LogP contribution in [0.25, 0.3) is 21.3 Å². The maximum Gasteiger partial charge on any atom is 0.331 e. The Bertz CT molecular complexity index is 1580. The maximum atomic E-state index is 13.5. The van der Waals surface area contributed by atoms with Crippen LogP contribution in [0.3, 0.4) is 0 Å². The molecule has 1 fully saturated rings. The number of nitrogens with zero attached hydrogens (tertiary/aromatic N) is 4. The minimum atomic E-state index is -0.357. The van der Waals surface area contributed by atoms with Crippen LogP contribution in [0.1, 0.15) is 22.5 Å². The van der Waals surface area contributed by atoms with Crippen LogP contribution >= 0.6 is 11.3 Å². The molecule has 1 atom stereocenters. The molecule has 2 aliphatic heterocycles. The number of hydrogen-bond donors (Lipinski definition) is 2. The number of benzene rings is 1. The lowest BCUT2D eigenvalue weighted by atomic mass is 10.0. The summed E-state index contributed by atoms with van der Waals surface area (Å²) in [6.07, 6.45) is 7.96. The third-order valence-electron chi connectivity index (χ3n) is 6.81. The van der Waals surface area contributed by atoms with Crippen molar-refractivity contribution in [2.24, 2.45) is 0 Å². The van der Waals surface area contributed by atoms with Crippen molar-refractivity contribution in [1.82, 2.24) is 20.2 Å². The second-order valence-corrected chi connectivity index (χ2v) is 10.2. The highest BCUT2D eigenvalue weighted by Crippen LogP contribution is 2.46. The highest BCUT2D eigenvalue weighted by Gasteiger charge is 2.33. The Kier molecular flexibility index (Phi) is 6.09. The van der Waals surface area contributed by atoms with Gasteiger partial charge in [-0.3, -0.25) is 19.5 Å².